The molecule has 1 aliphatic rings. The van der Waals surface area contributed by atoms with Gasteiger partial charge >= 0.3 is 0 Å². The van der Waals surface area contributed by atoms with Crippen LogP contribution in [0.4, 0.5) is 0 Å². The Bertz CT molecular complexity index is 300. The molecule has 1 atom stereocenters. The standard InChI is InChI=1S/C16H34N4O2.HI/c1-4-15(20-9-5-6-10-20)14-19-16(17-2)18-8-7-11-22-13-12-21-3;/h15H,4-14H2,1-3H3,(H2,17,18,19);1H. The van der Waals surface area contributed by atoms with Gasteiger partial charge in [-0.15, -0.1) is 24.0 Å². The second kappa shape index (κ2) is 15.4. The molecule has 0 aromatic heterocycles. The molecule has 0 aliphatic carbocycles. The smallest absolute Gasteiger partial charge is 0.191 e. The first-order valence-corrected chi connectivity index (χ1v) is 8.57. The minimum Gasteiger partial charge on any atom is -0.382 e. The predicted octanol–water partition coefficient (Wildman–Crippen LogP) is 1.70. The molecule has 0 spiro atoms. The number of methoxy groups -OCH3 is 1. The third kappa shape index (κ3) is 10.4. The maximum absolute atomic E-state index is 5.44. The Kier molecular flexibility index (Phi) is 15.3. The van der Waals surface area contributed by atoms with Gasteiger partial charge in [-0.2, -0.15) is 0 Å². The highest BCUT2D eigenvalue weighted by atomic mass is 127. The Hall–Kier alpha value is -0.120. The number of ether oxygens (including phenoxy) is 2. The van der Waals surface area contributed by atoms with Crippen molar-refractivity contribution in [2.45, 2.75) is 38.6 Å². The number of halogens is 1. The van der Waals surface area contributed by atoms with Gasteiger partial charge < -0.3 is 20.1 Å². The molecule has 0 amide bonds. The van der Waals surface area contributed by atoms with Crippen molar-refractivity contribution in [3.05, 3.63) is 0 Å². The molecule has 1 rings (SSSR count). The lowest BCUT2D eigenvalue weighted by Crippen LogP contribution is -2.46. The minimum atomic E-state index is 0. The van der Waals surface area contributed by atoms with Crippen LogP contribution in [0, 0.1) is 0 Å². The van der Waals surface area contributed by atoms with E-state index in [-0.39, 0.29) is 24.0 Å². The van der Waals surface area contributed by atoms with Crippen molar-refractivity contribution in [2.75, 3.05) is 60.2 Å². The highest BCUT2D eigenvalue weighted by Gasteiger charge is 2.20. The summed E-state index contributed by atoms with van der Waals surface area (Å²) in [4.78, 5) is 6.87. The number of hydrogen-bond acceptors (Lipinski definition) is 4. The molecule has 6 nitrogen and oxygen atoms in total. The van der Waals surface area contributed by atoms with Gasteiger partial charge in [-0.05, 0) is 38.8 Å². The summed E-state index contributed by atoms with van der Waals surface area (Å²) in [6, 6.07) is 0.610. The van der Waals surface area contributed by atoms with Gasteiger partial charge in [0, 0.05) is 39.9 Å². The van der Waals surface area contributed by atoms with Crippen LogP contribution >= 0.6 is 24.0 Å². The SMILES string of the molecule is CCC(CNC(=NC)NCCCOCCOC)N1CCCC1.I. The van der Waals surface area contributed by atoms with E-state index in [1.807, 2.05) is 7.05 Å². The Labute approximate surface area is 158 Å². The second-order valence-corrected chi connectivity index (χ2v) is 5.64. The zero-order chi connectivity index (χ0) is 16.0. The quantitative estimate of drug-likeness (QED) is 0.221. The first-order valence-electron chi connectivity index (χ1n) is 8.57. The number of nitrogens with one attached hydrogen (secondary N) is 2. The molecule has 0 bridgehead atoms. The number of rotatable bonds is 11. The van der Waals surface area contributed by atoms with E-state index in [0.717, 1.165) is 32.1 Å². The van der Waals surface area contributed by atoms with E-state index in [1.54, 1.807) is 7.11 Å². The van der Waals surface area contributed by atoms with Crippen molar-refractivity contribution in [2.24, 2.45) is 4.99 Å². The number of guanidine groups is 1. The fourth-order valence-corrected chi connectivity index (χ4v) is 2.70. The highest BCUT2D eigenvalue weighted by molar-refractivity contribution is 14.0. The van der Waals surface area contributed by atoms with Gasteiger partial charge in [-0.25, -0.2) is 0 Å². The van der Waals surface area contributed by atoms with Gasteiger partial charge in [-0.3, -0.25) is 9.89 Å². The Balaban J connectivity index is 0.00000484. The third-order valence-electron chi connectivity index (χ3n) is 4.05. The molecule has 23 heavy (non-hydrogen) atoms. The van der Waals surface area contributed by atoms with E-state index in [4.69, 9.17) is 9.47 Å². The van der Waals surface area contributed by atoms with Crippen LogP contribution in [-0.2, 0) is 9.47 Å². The lowest BCUT2D eigenvalue weighted by Gasteiger charge is -2.27. The molecule has 1 heterocycles. The van der Waals surface area contributed by atoms with Crippen LogP contribution in [-0.4, -0.2) is 77.1 Å². The molecule has 1 aliphatic heterocycles. The van der Waals surface area contributed by atoms with Crippen molar-refractivity contribution in [1.29, 1.82) is 0 Å². The number of hydrogen-bond donors (Lipinski definition) is 2. The molecule has 1 unspecified atom stereocenters. The largest absolute Gasteiger partial charge is 0.382 e. The van der Waals surface area contributed by atoms with Gasteiger partial charge in [0.2, 0.25) is 0 Å². The average molecular weight is 442 g/mol. The summed E-state index contributed by atoms with van der Waals surface area (Å²) in [6.45, 7) is 8.64. The molecule has 0 aromatic carbocycles. The molecule has 0 radical (unpaired) electrons. The Morgan fingerprint density at radius 3 is 2.52 bits per heavy atom. The van der Waals surface area contributed by atoms with Crippen molar-refractivity contribution >= 4 is 29.9 Å². The minimum absolute atomic E-state index is 0. The summed E-state index contributed by atoms with van der Waals surface area (Å²) < 4.78 is 10.4. The zero-order valence-corrected chi connectivity index (χ0v) is 17.3. The highest BCUT2D eigenvalue weighted by Crippen LogP contribution is 2.13. The van der Waals surface area contributed by atoms with Crippen molar-refractivity contribution < 1.29 is 9.47 Å². The van der Waals surface area contributed by atoms with Crippen LogP contribution in [0.5, 0.6) is 0 Å². The van der Waals surface area contributed by atoms with Gasteiger partial charge in [0.1, 0.15) is 0 Å². The molecule has 2 N–H and O–H groups in total. The van der Waals surface area contributed by atoms with Gasteiger partial charge in [0.25, 0.3) is 0 Å². The summed E-state index contributed by atoms with van der Waals surface area (Å²) in [7, 11) is 3.51. The predicted molar refractivity (Wildman–Crippen MR) is 107 cm³/mol. The van der Waals surface area contributed by atoms with Crippen LogP contribution in [0.15, 0.2) is 4.99 Å². The fraction of sp³-hybridized carbons (Fsp3) is 0.938. The van der Waals surface area contributed by atoms with E-state index in [9.17, 15) is 0 Å². The number of likely N-dealkylation sites (tertiary alicyclic amines) is 1. The van der Waals surface area contributed by atoms with E-state index in [2.05, 4.69) is 27.4 Å². The first kappa shape index (κ1) is 22.9. The summed E-state index contributed by atoms with van der Waals surface area (Å²) in [5.41, 5.74) is 0. The van der Waals surface area contributed by atoms with E-state index in [0.29, 0.717) is 19.3 Å². The summed E-state index contributed by atoms with van der Waals surface area (Å²) in [5.74, 6) is 0.884. The maximum atomic E-state index is 5.44. The topological polar surface area (TPSA) is 58.1 Å². The molecular formula is C16H35IN4O2. The molecule has 0 saturated carbocycles. The molecule has 0 aromatic rings. The first-order chi connectivity index (χ1) is 10.8. The van der Waals surface area contributed by atoms with E-state index >= 15 is 0 Å². The second-order valence-electron chi connectivity index (χ2n) is 5.64. The molecular weight excluding hydrogens is 407 g/mol. The van der Waals surface area contributed by atoms with Crippen molar-refractivity contribution in [1.82, 2.24) is 15.5 Å². The molecule has 138 valence electrons. The lowest BCUT2D eigenvalue weighted by atomic mass is 10.2. The maximum Gasteiger partial charge on any atom is 0.191 e. The van der Waals surface area contributed by atoms with Crippen LogP contribution in [0.2, 0.25) is 0 Å². The molecule has 7 heteroatoms. The van der Waals surface area contributed by atoms with Crippen LogP contribution in [0.25, 0.3) is 0 Å². The summed E-state index contributed by atoms with van der Waals surface area (Å²) >= 11 is 0. The van der Waals surface area contributed by atoms with E-state index < -0.39 is 0 Å². The van der Waals surface area contributed by atoms with Gasteiger partial charge in [-0.1, -0.05) is 6.92 Å². The fourth-order valence-electron chi connectivity index (χ4n) is 2.70. The van der Waals surface area contributed by atoms with Crippen LogP contribution < -0.4 is 10.6 Å². The van der Waals surface area contributed by atoms with Gasteiger partial charge in [0.05, 0.1) is 13.2 Å². The van der Waals surface area contributed by atoms with Crippen LogP contribution in [0.3, 0.4) is 0 Å². The van der Waals surface area contributed by atoms with Crippen LogP contribution in [0.1, 0.15) is 32.6 Å². The summed E-state index contributed by atoms with van der Waals surface area (Å²) in [5, 5.41) is 6.78. The monoisotopic (exact) mass is 442 g/mol. The normalized spacial score (nSPS) is 16.9. The number of nitrogens with zero attached hydrogens (tertiary/aromatic N) is 2. The lowest BCUT2D eigenvalue weighted by molar-refractivity contribution is 0.0698. The van der Waals surface area contributed by atoms with Crippen molar-refractivity contribution in [3.63, 3.8) is 0 Å². The Morgan fingerprint density at radius 1 is 1.17 bits per heavy atom. The molecule has 1 fully saturated rings. The van der Waals surface area contributed by atoms with Gasteiger partial charge in [0.15, 0.2) is 5.96 Å². The third-order valence-corrected chi connectivity index (χ3v) is 4.05. The average Bonchev–Trinajstić information content (AvgIpc) is 3.07. The number of aliphatic imine (C=N–C) groups is 1. The Morgan fingerprint density at radius 2 is 1.91 bits per heavy atom. The summed E-state index contributed by atoms with van der Waals surface area (Å²) in [6.07, 6.45) is 4.82. The zero-order valence-electron chi connectivity index (χ0n) is 15.0. The van der Waals surface area contributed by atoms with E-state index in [1.165, 1.54) is 32.4 Å². The molecule has 1 saturated heterocycles. The van der Waals surface area contributed by atoms with Crippen molar-refractivity contribution in [3.8, 4) is 0 Å².